The summed E-state index contributed by atoms with van der Waals surface area (Å²) < 4.78 is 64.1. The Morgan fingerprint density at radius 1 is 1.18 bits per heavy atom. The van der Waals surface area contributed by atoms with Crippen molar-refractivity contribution in [3.8, 4) is 0 Å². The Bertz CT molecular complexity index is 297. The summed E-state index contributed by atoms with van der Waals surface area (Å²) in [6.45, 7) is 2.76. The molecule has 0 unspecified atom stereocenters. The summed E-state index contributed by atoms with van der Waals surface area (Å²) in [4.78, 5) is 10.4. The lowest BCUT2D eigenvalue weighted by atomic mass is 10.1. The second-order valence-corrected chi connectivity index (χ2v) is 3.07. The zero-order valence-corrected chi connectivity index (χ0v) is 8.30. The molecule has 0 rings (SSSR count). The fraction of sp³-hybridized carbons (Fsp3) is 0.625. The summed E-state index contributed by atoms with van der Waals surface area (Å²) in [5, 5.41) is 17.5. The third-order valence-corrected chi connectivity index (χ3v) is 1.62. The summed E-state index contributed by atoms with van der Waals surface area (Å²) in [6, 6.07) is 0. The molecule has 2 N–H and O–H groups in total. The second-order valence-electron chi connectivity index (χ2n) is 3.07. The monoisotopic (exact) mass is 264 g/mol. The normalized spacial score (nSPS) is 13.4. The molecule has 0 aliphatic rings. The first kappa shape index (κ1) is 15.8. The molecule has 0 aliphatic heterocycles. The second kappa shape index (κ2) is 4.96. The zero-order chi connectivity index (χ0) is 13.9. The van der Waals surface area contributed by atoms with E-state index in [0.717, 1.165) is 0 Å². The fourth-order valence-electron chi connectivity index (χ4n) is 0.711. The van der Waals surface area contributed by atoms with E-state index >= 15 is 0 Å². The van der Waals surface area contributed by atoms with Crippen molar-refractivity contribution < 1.29 is 41.7 Å². The number of carbonyl (C=O) groups excluding carboxylic acids is 1. The first-order chi connectivity index (χ1) is 7.41. The van der Waals surface area contributed by atoms with Gasteiger partial charge < -0.3 is 14.9 Å². The molecule has 0 heterocycles. The van der Waals surface area contributed by atoms with Crippen molar-refractivity contribution in [1.82, 2.24) is 0 Å². The summed E-state index contributed by atoms with van der Waals surface area (Å²) in [6.07, 6.45) is -13.0. The minimum Gasteiger partial charge on any atom is -0.393 e. The number of hydrogen-bond donors (Lipinski definition) is 2. The van der Waals surface area contributed by atoms with E-state index in [4.69, 9.17) is 10.2 Å². The summed E-state index contributed by atoms with van der Waals surface area (Å²) in [7, 11) is 0. The van der Waals surface area contributed by atoms with E-state index in [1.807, 2.05) is 0 Å². The third kappa shape index (κ3) is 5.09. The number of hydrogen-bond acceptors (Lipinski definition) is 4. The summed E-state index contributed by atoms with van der Waals surface area (Å²) in [5.41, 5.74) is 0. The minimum atomic E-state index is -4.87. The molecule has 100 valence electrons. The highest BCUT2D eigenvalue weighted by molar-refractivity contribution is 5.81. The highest BCUT2D eigenvalue weighted by Gasteiger charge is 2.56. The predicted octanol–water partition coefficient (Wildman–Crippen LogP) is 1.33. The van der Waals surface area contributed by atoms with E-state index < -0.39 is 36.9 Å². The molecular weight excluding hydrogens is 255 g/mol. The lowest BCUT2D eigenvalue weighted by Crippen LogP contribution is -2.51. The maximum absolute atomic E-state index is 12.9. The Kier molecular flexibility index (Phi) is 4.61. The van der Waals surface area contributed by atoms with Gasteiger partial charge in [-0.2, -0.15) is 22.0 Å². The van der Waals surface area contributed by atoms with Crippen LogP contribution in [0.25, 0.3) is 0 Å². The van der Waals surface area contributed by atoms with Gasteiger partial charge in [0, 0.05) is 18.9 Å². The highest BCUT2D eigenvalue weighted by Crippen LogP contribution is 2.35. The van der Waals surface area contributed by atoms with Gasteiger partial charge in [0.25, 0.3) is 5.79 Å². The molecule has 0 bridgehead atoms. The number of carbonyl (C=O) groups is 1. The smallest absolute Gasteiger partial charge is 0.393 e. The van der Waals surface area contributed by atoms with E-state index in [9.17, 15) is 26.7 Å². The lowest BCUT2D eigenvalue weighted by molar-refractivity contribution is -0.386. The molecule has 0 fully saturated rings. The maximum atomic E-state index is 12.9. The topological polar surface area (TPSA) is 66.8 Å². The number of aliphatic hydroxyl groups is 2. The largest absolute Gasteiger partial charge is 0.456 e. The molecule has 4 nitrogen and oxygen atoms in total. The van der Waals surface area contributed by atoms with Crippen LogP contribution in [0.5, 0.6) is 0 Å². The highest BCUT2D eigenvalue weighted by atomic mass is 19.4. The first-order valence-corrected chi connectivity index (χ1v) is 4.16. The third-order valence-electron chi connectivity index (χ3n) is 1.62. The molecule has 0 aromatic rings. The average molecular weight is 264 g/mol. The van der Waals surface area contributed by atoms with Crippen LogP contribution in [0.1, 0.15) is 12.8 Å². The molecule has 0 amide bonds. The van der Waals surface area contributed by atoms with Crippen LogP contribution in [-0.2, 0) is 9.53 Å². The van der Waals surface area contributed by atoms with Crippen molar-refractivity contribution in [3.05, 3.63) is 12.7 Å². The average Bonchev–Trinajstić information content (AvgIpc) is 2.12. The lowest BCUT2D eigenvalue weighted by Gasteiger charge is -2.29. The van der Waals surface area contributed by atoms with E-state index in [2.05, 4.69) is 11.3 Å². The Morgan fingerprint density at radius 3 is 2.00 bits per heavy atom. The van der Waals surface area contributed by atoms with Crippen LogP contribution in [0.4, 0.5) is 22.0 Å². The Morgan fingerprint density at radius 2 is 1.65 bits per heavy atom. The molecule has 9 heteroatoms. The van der Waals surface area contributed by atoms with Gasteiger partial charge in [0.15, 0.2) is 0 Å². The molecule has 0 saturated carbocycles. The van der Waals surface area contributed by atoms with Crippen LogP contribution < -0.4 is 0 Å². The fourth-order valence-corrected chi connectivity index (χ4v) is 0.711. The molecule has 0 atom stereocenters. The SMILES string of the molecule is C=CC(=O)OC(F)(F)C(O)(O)CCC(F)(F)F. The molecule has 0 saturated heterocycles. The predicted molar refractivity (Wildman–Crippen MR) is 43.7 cm³/mol. The van der Waals surface area contributed by atoms with Crippen molar-refractivity contribution in [3.63, 3.8) is 0 Å². The molecule has 0 radical (unpaired) electrons. The van der Waals surface area contributed by atoms with Crippen LogP contribution in [0, 0.1) is 0 Å². The van der Waals surface area contributed by atoms with E-state index in [-0.39, 0.29) is 0 Å². The van der Waals surface area contributed by atoms with Crippen LogP contribution in [-0.4, -0.2) is 34.3 Å². The number of esters is 1. The van der Waals surface area contributed by atoms with Crippen molar-refractivity contribution in [2.75, 3.05) is 0 Å². The number of halogens is 5. The van der Waals surface area contributed by atoms with Gasteiger partial charge in [-0.3, -0.25) is 0 Å². The van der Waals surface area contributed by atoms with Crippen LogP contribution >= 0.6 is 0 Å². The standard InChI is InChI=1S/C8H9F5O4/c1-2-5(14)17-8(12,13)6(15,16)3-4-7(9,10)11/h2,15-16H,1,3-4H2. The molecule has 0 aromatic carbocycles. The maximum Gasteiger partial charge on any atom is 0.456 e. The quantitative estimate of drug-likeness (QED) is 0.340. The van der Waals surface area contributed by atoms with Crippen molar-refractivity contribution in [2.45, 2.75) is 30.9 Å². The number of rotatable bonds is 5. The summed E-state index contributed by atoms with van der Waals surface area (Å²) in [5.74, 6) is -5.81. The Labute approximate surface area is 92.3 Å². The zero-order valence-electron chi connectivity index (χ0n) is 8.30. The van der Waals surface area contributed by atoms with E-state index in [1.165, 1.54) is 0 Å². The van der Waals surface area contributed by atoms with Crippen molar-refractivity contribution in [1.29, 1.82) is 0 Å². The molecule has 17 heavy (non-hydrogen) atoms. The van der Waals surface area contributed by atoms with Gasteiger partial charge in [0.05, 0.1) is 0 Å². The molecule has 0 aromatic heterocycles. The first-order valence-electron chi connectivity index (χ1n) is 4.16. The molecule has 0 spiro atoms. The van der Waals surface area contributed by atoms with Crippen LogP contribution in [0.15, 0.2) is 12.7 Å². The van der Waals surface area contributed by atoms with E-state index in [1.54, 1.807) is 0 Å². The van der Waals surface area contributed by atoms with Gasteiger partial charge in [-0.05, 0) is 0 Å². The van der Waals surface area contributed by atoms with Gasteiger partial charge in [0.1, 0.15) is 0 Å². The molecular formula is C8H9F5O4. The van der Waals surface area contributed by atoms with E-state index in [0.29, 0.717) is 6.08 Å². The van der Waals surface area contributed by atoms with Gasteiger partial charge in [-0.25, -0.2) is 4.79 Å². The van der Waals surface area contributed by atoms with Crippen molar-refractivity contribution >= 4 is 5.97 Å². The number of ether oxygens (including phenoxy) is 1. The van der Waals surface area contributed by atoms with Crippen LogP contribution in [0.2, 0.25) is 0 Å². The number of alkyl halides is 5. The van der Waals surface area contributed by atoms with Gasteiger partial charge in [-0.1, -0.05) is 6.58 Å². The van der Waals surface area contributed by atoms with Gasteiger partial charge >= 0.3 is 18.3 Å². The van der Waals surface area contributed by atoms with Gasteiger partial charge in [0.2, 0.25) is 0 Å². The molecule has 0 aliphatic carbocycles. The van der Waals surface area contributed by atoms with Crippen molar-refractivity contribution in [2.24, 2.45) is 0 Å². The Hall–Kier alpha value is -1.22. The minimum absolute atomic E-state index is 0.299. The Balaban J connectivity index is 4.66. The van der Waals surface area contributed by atoms with Gasteiger partial charge in [-0.15, -0.1) is 0 Å². The summed E-state index contributed by atoms with van der Waals surface area (Å²) >= 11 is 0. The van der Waals surface area contributed by atoms with Crippen LogP contribution in [0.3, 0.4) is 0 Å².